The van der Waals surface area contributed by atoms with Gasteiger partial charge in [-0.3, -0.25) is 0 Å². The second-order valence-corrected chi connectivity index (χ2v) is 17.1. The summed E-state index contributed by atoms with van der Waals surface area (Å²) in [7, 11) is 2.62. The molecule has 6 aromatic rings. The van der Waals surface area contributed by atoms with Crippen LogP contribution in [0, 0.1) is 0 Å². The molecule has 2 bridgehead atoms. The van der Waals surface area contributed by atoms with E-state index in [2.05, 4.69) is 126 Å². The zero-order valence-corrected chi connectivity index (χ0v) is 22.0. The molecule has 6 aliphatic rings. The molecule has 0 atom stereocenters. The van der Waals surface area contributed by atoms with Gasteiger partial charge in [-0.25, -0.2) is 0 Å². The normalized spacial score (nSPS) is 19.7. The standard InChI is InChI=1S/C30H19B5N2OP/c1-2-9-19(10-3-1)36-39(33-31-34(39)35(33)39)27-18-8-14-23-28(27)20-11-6-13-22-30(20)37(23)24-15-7-17-26-29(24)32(22)21-12-4-5-16-25(21)38-26/h1-18,36H/q-1. The fraction of sp³-hybridized carbons (Fsp3) is 0. The molecule has 6 aliphatic heterocycles. The summed E-state index contributed by atoms with van der Waals surface area (Å²) in [6, 6.07) is 40.2. The Labute approximate surface area is 228 Å². The van der Waals surface area contributed by atoms with E-state index in [0.29, 0.717) is 0 Å². The van der Waals surface area contributed by atoms with Gasteiger partial charge in [-0.15, -0.1) is 0 Å². The van der Waals surface area contributed by atoms with E-state index in [1.54, 1.807) is 5.30 Å². The van der Waals surface area contributed by atoms with Gasteiger partial charge in [0, 0.05) is 0 Å². The number of anilines is 1. The number of nitrogens with zero attached hydrogens (tertiary/aromatic N) is 1. The van der Waals surface area contributed by atoms with Crippen LogP contribution in [0.1, 0.15) is 0 Å². The first-order valence-corrected chi connectivity index (χ1v) is 16.4. The van der Waals surface area contributed by atoms with Gasteiger partial charge in [0.1, 0.15) is 0 Å². The first kappa shape index (κ1) is 20.2. The van der Waals surface area contributed by atoms with Crippen LogP contribution >= 0.6 is 6.39 Å². The van der Waals surface area contributed by atoms with Crippen molar-refractivity contribution in [3.8, 4) is 17.2 Å². The second-order valence-electron chi connectivity index (χ2n) is 12.0. The Morgan fingerprint density at radius 1 is 0.718 bits per heavy atom. The van der Waals surface area contributed by atoms with Crippen LogP contribution < -0.4 is 31.5 Å². The molecule has 5 aromatic carbocycles. The van der Waals surface area contributed by atoms with Crippen LogP contribution in [-0.2, 0) is 0 Å². The summed E-state index contributed by atoms with van der Waals surface area (Å²) in [5, 5.41) is 8.71. The van der Waals surface area contributed by atoms with E-state index in [4.69, 9.17) is 4.74 Å². The average molecular weight is 509 g/mol. The van der Waals surface area contributed by atoms with Crippen molar-refractivity contribution in [1.29, 1.82) is 0 Å². The molecule has 7 heterocycles. The molecule has 39 heavy (non-hydrogen) atoms. The summed E-state index contributed by atoms with van der Waals surface area (Å²) in [6.07, 6.45) is 0.113. The van der Waals surface area contributed by atoms with Crippen molar-refractivity contribution >= 4 is 88.0 Å². The Morgan fingerprint density at radius 2 is 1.46 bits per heavy atom. The molecule has 12 rings (SSSR count). The first-order valence-electron chi connectivity index (χ1n) is 14.0. The monoisotopic (exact) mass is 509 g/mol. The van der Waals surface area contributed by atoms with Gasteiger partial charge in [-0.2, -0.15) is 0 Å². The van der Waals surface area contributed by atoms with Gasteiger partial charge in [-0.05, 0) is 0 Å². The van der Waals surface area contributed by atoms with E-state index in [0.717, 1.165) is 30.1 Å². The fourth-order valence-corrected chi connectivity index (χ4v) is 17.3. The van der Waals surface area contributed by atoms with Gasteiger partial charge >= 0.3 is 229 Å². The van der Waals surface area contributed by atoms with E-state index in [1.165, 1.54) is 49.6 Å². The third-order valence-electron chi connectivity index (χ3n) is 10.7. The van der Waals surface area contributed by atoms with Crippen LogP contribution in [0.3, 0.4) is 0 Å². The van der Waals surface area contributed by atoms with Crippen LogP contribution in [0.4, 0.5) is 5.69 Å². The van der Waals surface area contributed by atoms with Gasteiger partial charge in [-0.1, -0.05) is 0 Å². The van der Waals surface area contributed by atoms with Gasteiger partial charge in [0.15, 0.2) is 0 Å². The molecule has 0 saturated carbocycles. The summed E-state index contributed by atoms with van der Waals surface area (Å²) >= 11 is 0. The van der Waals surface area contributed by atoms with Gasteiger partial charge in [0.25, 0.3) is 0 Å². The summed E-state index contributed by atoms with van der Waals surface area (Å²) in [6.45, 7) is 0.174. The molecule has 1 aromatic heterocycles. The van der Waals surface area contributed by atoms with Crippen molar-refractivity contribution in [2.45, 2.75) is 0 Å². The minimum atomic E-state index is -2.21. The Bertz CT molecular complexity index is 2110. The van der Waals surface area contributed by atoms with Crippen molar-refractivity contribution in [2.75, 3.05) is 5.09 Å². The number of benzene rings is 5. The number of hydrogen-bond donors (Lipinski definition) is 1. The maximum absolute atomic E-state index is 6.50. The van der Waals surface area contributed by atoms with E-state index >= 15 is 0 Å². The molecule has 0 aliphatic carbocycles. The molecule has 0 amide bonds. The van der Waals surface area contributed by atoms with Gasteiger partial charge in [0.2, 0.25) is 0 Å². The van der Waals surface area contributed by atoms with Crippen molar-refractivity contribution in [1.82, 2.24) is 4.57 Å². The van der Waals surface area contributed by atoms with E-state index in [1.807, 2.05) is 0 Å². The van der Waals surface area contributed by atoms with E-state index in [9.17, 15) is 0 Å². The molecule has 4 saturated heterocycles. The molecule has 4 fully saturated rings. The molecule has 9 heteroatoms. The number of aromatic nitrogens is 1. The predicted octanol–water partition coefficient (Wildman–Crippen LogP) is 3.79. The zero-order valence-electron chi connectivity index (χ0n) is 21.1. The van der Waals surface area contributed by atoms with Crippen LogP contribution in [-0.4, -0.2) is 37.0 Å². The van der Waals surface area contributed by atoms with Crippen LogP contribution in [0.15, 0.2) is 109 Å². The minimum absolute atomic E-state index is 0.174. The SMILES string of the molecule is [B-]1B2B3B1P23(Nc1ccccc1)c1cccc2c1c1cccc3c1n2-c1cccc2c1B3c1ccccc1O2. The number of ether oxygens (including phenoxy) is 1. The summed E-state index contributed by atoms with van der Waals surface area (Å²) in [5.74, 6) is 1.95. The van der Waals surface area contributed by atoms with Crippen molar-refractivity contribution in [3.05, 3.63) is 109 Å². The van der Waals surface area contributed by atoms with E-state index < -0.39 is 6.39 Å². The average Bonchev–Trinajstić information content (AvgIpc) is 3.55. The quantitative estimate of drug-likeness (QED) is 0.290. The van der Waals surface area contributed by atoms with Crippen molar-refractivity contribution < 1.29 is 4.74 Å². The van der Waals surface area contributed by atoms with Crippen molar-refractivity contribution in [2.24, 2.45) is 0 Å². The van der Waals surface area contributed by atoms with Gasteiger partial charge in [0.05, 0.1) is 0 Å². The third-order valence-corrected chi connectivity index (χ3v) is 17.7. The van der Waals surface area contributed by atoms with E-state index in [-0.39, 0.29) is 6.71 Å². The zero-order chi connectivity index (χ0) is 25.1. The Hall–Kier alpha value is -3.75. The Kier molecular flexibility index (Phi) is 3.20. The van der Waals surface area contributed by atoms with Crippen LogP contribution in [0.5, 0.6) is 11.5 Å². The fourth-order valence-electron chi connectivity index (χ4n) is 9.01. The number of para-hydroxylation sites is 3. The molecule has 3 nitrogen and oxygen atoms in total. The van der Waals surface area contributed by atoms with Gasteiger partial charge < -0.3 is 0 Å². The molecule has 2 radical (unpaired) electrons. The number of hydrogen-bond acceptors (Lipinski definition) is 2. The first-order chi connectivity index (χ1) is 19.3. The molecule has 0 spiro atoms. The third kappa shape index (κ3) is 1.95. The topological polar surface area (TPSA) is 26.2 Å². The predicted molar refractivity (Wildman–Crippen MR) is 172 cm³/mol. The molecular weight excluding hydrogens is 489 g/mol. The molecular formula is C30H19B5N2OP-. The summed E-state index contributed by atoms with van der Waals surface area (Å²) in [5.41, 5.74) is 9.15. The van der Waals surface area contributed by atoms with Crippen molar-refractivity contribution in [3.63, 3.8) is 0 Å². The Balaban J connectivity index is 1.26. The molecule has 1 N–H and O–H groups in total. The maximum atomic E-state index is 6.50. The summed E-state index contributed by atoms with van der Waals surface area (Å²) < 4.78 is 9.05. The Morgan fingerprint density at radius 3 is 2.31 bits per heavy atom. The van der Waals surface area contributed by atoms with Crippen LogP contribution in [0.2, 0.25) is 0 Å². The number of nitrogens with one attached hydrogen (secondary N) is 1. The summed E-state index contributed by atoms with van der Waals surface area (Å²) in [4.78, 5) is 0. The number of rotatable bonds is 3. The molecule has 0 unspecified atom stereocenters. The second kappa shape index (κ2) is 6.19. The van der Waals surface area contributed by atoms with Crippen LogP contribution in [0.25, 0.3) is 27.5 Å². The number of fused-ring (bicyclic) bond motifs is 7. The molecule has 176 valence electrons.